The molecular formula is C21H22N2O3. The second-order valence-corrected chi connectivity index (χ2v) is 6.78. The molecule has 2 aromatic carbocycles. The van der Waals surface area contributed by atoms with Crippen molar-refractivity contribution in [3.05, 3.63) is 60.2 Å². The van der Waals surface area contributed by atoms with Crippen LogP contribution in [0, 0.1) is 5.92 Å². The van der Waals surface area contributed by atoms with Crippen LogP contribution in [0.4, 0.5) is 5.69 Å². The first-order valence-corrected chi connectivity index (χ1v) is 9.07. The molecule has 26 heavy (non-hydrogen) atoms. The molecule has 1 saturated heterocycles. The Morgan fingerprint density at radius 3 is 2.69 bits per heavy atom. The lowest BCUT2D eigenvalue weighted by Crippen LogP contribution is -2.42. The largest absolute Gasteiger partial charge is 0.490 e. The quantitative estimate of drug-likeness (QED) is 0.851. The van der Waals surface area contributed by atoms with E-state index in [2.05, 4.69) is 12.1 Å². The molecule has 2 aliphatic heterocycles. The second kappa shape index (κ2) is 7.20. The molecule has 1 atom stereocenters. The summed E-state index contributed by atoms with van der Waals surface area (Å²) < 4.78 is 5.63. The van der Waals surface area contributed by atoms with E-state index in [0.717, 1.165) is 17.9 Å². The molecule has 0 bridgehead atoms. The molecule has 0 N–H and O–H groups in total. The Morgan fingerprint density at radius 2 is 1.85 bits per heavy atom. The number of benzene rings is 2. The molecular weight excluding hydrogens is 328 g/mol. The van der Waals surface area contributed by atoms with Gasteiger partial charge < -0.3 is 14.5 Å². The maximum absolute atomic E-state index is 13.0. The van der Waals surface area contributed by atoms with E-state index in [0.29, 0.717) is 32.7 Å². The molecule has 4 rings (SSSR count). The molecule has 2 heterocycles. The van der Waals surface area contributed by atoms with Gasteiger partial charge in [-0.15, -0.1) is 0 Å². The average molecular weight is 350 g/mol. The molecule has 0 aliphatic carbocycles. The van der Waals surface area contributed by atoms with Crippen molar-refractivity contribution in [3.63, 3.8) is 0 Å². The summed E-state index contributed by atoms with van der Waals surface area (Å²) in [6, 6.07) is 17.7. The fourth-order valence-corrected chi connectivity index (χ4v) is 3.68. The van der Waals surface area contributed by atoms with Crippen LogP contribution in [0.1, 0.15) is 12.0 Å². The molecule has 1 fully saturated rings. The van der Waals surface area contributed by atoms with Gasteiger partial charge in [-0.25, -0.2) is 0 Å². The van der Waals surface area contributed by atoms with Crippen LogP contribution in [0.5, 0.6) is 5.75 Å². The second-order valence-electron chi connectivity index (χ2n) is 6.78. The Morgan fingerprint density at radius 1 is 1.08 bits per heavy atom. The van der Waals surface area contributed by atoms with Gasteiger partial charge in [-0.2, -0.15) is 0 Å². The van der Waals surface area contributed by atoms with Crippen LogP contribution in [-0.2, 0) is 16.0 Å². The highest BCUT2D eigenvalue weighted by Crippen LogP contribution is 2.33. The molecule has 2 aromatic rings. The Kier molecular flexibility index (Phi) is 4.61. The number of likely N-dealkylation sites (tertiary alicyclic amines) is 1. The number of hydrogen-bond donors (Lipinski definition) is 0. The number of hydrogen-bond acceptors (Lipinski definition) is 3. The molecule has 0 spiro atoms. The van der Waals surface area contributed by atoms with Crippen molar-refractivity contribution in [2.24, 2.45) is 5.92 Å². The summed E-state index contributed by atoms with van der Waals surface area (Å²) in [6.45, 7) is 2.18. The average Bonchev–Trinajstić information content (AvgIpc) is 3.07. The fourth-order valence-electron chi connectivity index (χ4n) is 3.68. The van der Waals surface area contributed by atoms with Gasteiger partial charge in [0.2, 0.25) is 11.8 Å². The van der Waals surface area contributed by atoms with Crippen LogP contribution in [0.3, 0.4) is 0 Å². The third-order valence-electron chi connectivity index (χ3n) is 5.07. The van der Waals surface area contributed by atoms with E-state index in [9.17, 15) is 9.59 Å². The molecule has 5 nitrogen and oxygen atoms in total. The number of amides is 2. The minimum atomic E-state index is -0.274. The van der Waals surface area contributed by atoms with E-state index in [1.807, 2.05) is 47.4 Å². The Hall–Kier alpha value is -2.82. The molecule has 0 radical (unpaired) electrons. The summed E-state index contributed by atoms with van der Waals surface area (Å²) >= 11 is 0. The molecule has 5 heteroatoms. The van der Waals surface area contributed by atoms with Gasteiger partial charge in [-0.05, 0) is 24.1 Å². The Bertz CT molecular complexity index is 806. The van der Waals surface area contributed by atoms with E-state index in [1.54, 1.807) is 4.90 Å². The third-order valence-corrected chi connectivity index (χ3v) is 5.07. The van der Waals surface area contributed by atoms with E-state index in [-0.39, 0.29) is 17.7 Å². The fraction of sp³-hybridized carbons (Fsp3) is 0.333. The number of rotatable bonds is 4. The molecule has 1 unspecified atom stereocenters. The molecule has 2 aliphatic rings. The van der Waals surface area contributed by atoms with Crippen LogP contribution in [0.25, 0.3) is 0 Å². The van der Waals surface area contributed by atoms with E-state index in [4.69, 9.17) is 4.74 Å². The topological polar surface area (TPSA) is 49.9 Å². The van der Waals surface area contributed by atoms with Crippen LogP contribution in [-0.4, -0.2) is 43.0 Å². The lowest BCUT2D eigenvalue weighted by Gasteiger charge is -2.31. The van der Waals surface area contributed by atoms with Crippen molar-refractivity contribution in [2.75, 3.05) is 31.1 Å². The minimum Gasteiger partial charge on any atom is -0.490 e. The highest BCUT2D eigenvalue weighted by Gasteiger charge is 2.37. The molecule has 2 amide bonds. The SMILES string of the molecule is O=C1CC(C(=O)N2CCOc3ccccc32)CN1CCc1ccccc1. The number of ether oxygens (including phenoxy) is 1. The van der Waals surface area contributed by atoms with Gasteiger partial charge >= 0.3 is 0 Å². The zero-order valence-corrected chi connectivity index (χ0v) is 14.6. The van der Waals surface area contributed by atoms with Crippen LogP contribution >= 0.6 is 0 Å². The van der Waals surface area contributed by atoms with Crippen LogP contribution in [0.2, 0.25) is 0 Å². The summed E-state index contributed by atoms with van der Waals surface area (Å²) in [5.41, 5.74) is 2.01. The summed E-state index contributed by atoms with van der Waals surface area (Å²) in [4.78, 5) is 29.0. The normalized spacial score (nSPS) is 19.2. The van der Waals surface area contributed by atoms with Crippen molar-refractivity contribution in [3.8, 4) is 5.75 Å². The number of fused-ring (bicyclic) bond motifs is 1. The van der Waals surface area contributed by atoms with Gasteiger partial charge in [-0.1, -0.05) is 42.5 Å². The monoisotopic (exact) mass is 350 g/mol. The van der Waals surface area contributed by atoms with Crippen molar-refractivity contribution < 1.29 is 14.3 Å². The van der Waals surface area contributed by atoms with Crippen molar-refractivity contribution in [2.45, 2.75) is 12.8 Å². The van der Waals surface area contributed by atoms with E-state index in [1.165, 1.54) is 5.56 Å². The maximum atomic E-state index is 13.0. The predicted octanol–water partition coefficient (Wildman–Crippen LogP) is 2.50. The number of para-hydroxylation sites is 2. The highest BCUT2D eigenvalue weighted by molar-refractivity contribution is 6.00. The lowest BCUT2D eigenvalue weighted by atomic mass is 10.1. The molecule has 0 aromatic heterocycles. The van der Waals surface area contributed by atoms with Gasteiger partial charge in [-0.3, -0.25) is 9.59 Å². The standard InChI is InChI=1S/C21H22N2O3/c24-20-14-17(15-22(20)11-10-16-6-2-1-3-7-16)21(25)23-12-13-26-19-9-5-4-8-18(19)23/h1-9,17H,10-15H2. The van der Waals surface area contributed by atoms with Gasteiger partial charge in [0.25, 0.3) is 0 Å². The van der Waals surface area contributed by atoms with Gasteiger partial charge in [0.05, 0.1) is 18.2 Å². The van der Waals surface area contributed by atoms with Crippen LogP contribution in [0.15, 0.2) is 54.6 Å². The number of anilines is 1. The predicted molar refractivity (Wildman–Crippen MR) is 99.1 cm³/mol. The maximum Gasteiger partial charge on any atom is 0.232 e. The highest BCUT2D eigenvalue weighted by atomic mass is 16.5. The van der Waals surface area contributed by atoms with E-state index < -0.39 is 0 Å². The smallest absolute Gasteiger partial charge is 0.232 e. The lowest BCUT2D eigenvalue weighted by molar-refractivity contribution is -0.128. The number of carbonyl (C=O) groups is 2. The van der Waals surface area contributed by atoms with Gasteiger partial charge in [0, 0.05) is 19.5 Å². The Balaban J connectivity index is 1.41. The first-order valence-electron chi connectivity index (χ1n) is 9.07. The zero-order chi connectivity index (χ0) is 17.9. The summed E-state index contributed by atoms with van der Waals surface area (Å²) in [5.74, 6) is 0.555. The number of nitrogens with zero attached hydrogens (tertiary/aromatic N) is 2. The first-order chi connectivity index (χ1) is 12.7. The van der Waals surface area contributed by atoms with Crippen molar-refractivity contribution in [1.29, 1.82) is 0 Å². The van der Waals surface area contributed by atoms with Crippen molar-refractivity contribution in [1.82, 2.24) is 4.90 Å². The van der Waals surface area contributed by atoms with Crippen LogP contribution < -0.4 is 9.64 Å². The summed E-state index contributed by atoms with van der Waals surface area (Å²) in [7, 11) is 0. The number of carbonyl (C=O) groups excluding carboxylic acids is 2. The zero-order valence-electron chi connectivity index (χ0n) is 14.6. The summed E-state index contributed by atoms with van der Waals surface area (Å²) in [5, 5.41) is 0. The van der Waals surface area contributed by atoms with Crippen molar-refractivity contribution >= 4 is 17.5 Å². The summed E-state index contributed by atoms with van der Waals surface area (Å²) in [6.07, 6.45) is 1.11. The first kappa shape index (κ1) is 16.6. The van der Waals surface area contributed by atoms with Gasteiger partial charge in [0.15, 0.2) is 0 Å². The van der Waals surface area contributed by atoms with E-state index >= 15 is 0 Å². The molecule has 0 saturated carbocycles. The van der Waals surface area contributed by atoms with Gasteiger partial charge in [0.1, 0.15) is 12.4 Å². The minimum absolute atomic E-state index is 0.0244. The third kappa shape index (κ3) is 3.29. The Labute approximate surface area is 153 Å². The molecule has 134 valence electrons.